The van der Waals surface area contributed by atoms with Gasteiger partial charge in [-0.15, -0.1) is 24.9 Å². The molecule has 3 rings (SSSR count). The molecule has 12 heteroatoms. The Hall–Kier alpha value is -4.71. The molecule has 1 heterocycles. The zero-order valence-corrected chi connectivity index (χ0v) is 26.4. The third-order valence-corrected chi connectivity index (χ3v) is 8.20. The lowest BCUT2D eigenvalue weighted by atomic mass is 10.0. The molecule has 0 spiro atoms. The molecule has 0 radical (unpaired) electrons. The molecular weight excluding hydrogens is 592 g/mol. The number of nitrogens with two attached hydrogens (primary N) is 1. The van der Waals surface area contributed by atoms with Crippen molar-refractivity contribution < 1.29 is 24.3 Å². The summed E-state index contributed by atoms with van der Waals surface area (Å²) in [5, 5.41) is 19.3. The highest BCUT2D eigenvalue weighted by atomic mass is 32.2. The fourth-order valence-corrected chi connectivity index (χ4v) is 5.67. The average molecular weight is 635 g/mol. The first kappa shape index (κ1) is 34.8. The number of para-hydroxylation sites is 1. The molecule has 4 amide bonds. The molecule has 0 aliphatic carbocycles. The van der Waals surface area contributed by atoms with Gasteiger partial charge in [-0.1, -0.05) is 30.4 Å². The molecular formula is C33H42N6O5S. The van der Waals surface area contributed by atoms with Crippen LogP contribution in [-0.2, 0) is 27.9 Å². The highest BCUT2D eigenvalue weighted by molar-refractivity contribution is 8.00. The van der Waals surface area contributed by atoms with E-state index in [-0.39, 0.29) is 37.6 Å². The number of fused-ring (bicyclic) bond motifs is 1. The lowest BCUT2D eigenvalue weighted by molar-refractivity contribution is -0.131. The number of anilines is 1. The Bertz CT molecular complexity index is 1490. The van der Waals surface area contributed by atoms with Crippen LogP contribution in [0.5, 0.6) is 0 Å². The molecule has 0 fully saturated rings. The van der Waals surface area contributed by atoms with Crippen LogP contribution >= 0.6 is 11.8 Å². The highest BCUT2D eigenvalue weighted by Gasteiger charge is 2.32. The number of aromatic nitrogens is 1. The van der Waals surface area contributed by atoms with Gasteiger partial charge in [0.05, 0.1) is 5.75 Å². The summed E-state index contributed by atoms with van der Waals surface area (Å²) in [6.07, 6.45) is 5.00. The van der Waals surface area contributed by atoms with Gasteiger partial charge in [0.15, 0.2) is 0 Å². The molecule has 240 valence electrons. The van der Waals surface area contributed by atoms with Crippen molar-refractivity contribution >= 4 is 52.2 Å². The first-order valence-electron chi connectivity index (χ1n) is 14.7. The van der Waals surface area contributed by atoms with Crippen LogP contribution in [0.1, 0.15) is 24.8 Å². The number of benzene rings is 2. The van der Waals surface area contributed by atoms with Crippen LogP contribution in [0.4, 0.5) is 10.5 Å². The number of amides is 4. The van der Waals surface area contributed by atoms with Gasteiger partial charge >= 0.3 is 6.09 Å². The van der Waals surface area contributed by atoms with E-state index < -0.39 is 30.0 Å². The smallest absolute Gasteiger partial charge is 0.408 e. The second-order valence-electron chi connectivity index (χ2n) is 10.5. The van der Waals surface area contributed by atoms with Crippen LogP contribution in [-0.4, -0.2) is 75.9 Å². The number of thioether (sulfide) groups is 1. The van der Waals surface area contributed by atoms with Crippen molar-refractivity contribution in [1.29, 1.82) is 0 Å². The summed E-state index contributed by atoms with van der Waals surface area (Å²) in [5.74, 6) is -0.874. The predicted octanol–water partition coefficient (Wildman–Crippen LogP) is 3.70. The number of carboxylic acid groups (broad SMARTS) is 1. The van der Waals surface area contributed by atoms with Crippen molar-refractivity contribution in [2.45, 2.75) is 42.7 Å². The second kappa shape index (κ2) is 17.6. The Labute approximate surface area is 267 Å². The summed E-state index contributed by atoms with van der Waals surface area (Å²) < 4.78 is 1.96. The van der Waals surface area contributed by atoms with Crippen LogP contribution in [0.15, 0.2) is 84.9 Å². The average Bonchev–Trinajstić information content (AvgIpc) is 3.34. The van der Waals surface area contributed by atoms with Crippen molar-refractivity contribution in [2.75, 3.05) is 31.1 Å². The Kier molecular flexibility index (Phi) is 13.6. The molecule has 3 aromatic rings. The molecule has 0 bridgehead atoms. The molecule has 2 aromatic carbocycles. The first-order chi connectivity index (χ1) is 21.6. The van der Waals surface area contributed by atoms with E-state index in [1.54, 1.807) is 18.2 Å². The number of aryl methyl sites for hydroxylation is 1. The number of unbranched alkanes of at least 4 members (excludes halogenated alkanes) is 1. The molecule has 0 aliphatic heterocycles. The molecule has 6 N–H and O–H groups in total. The number of rotatable bonds is 18. The van der Waals surface area contributed by atoms with E-state index in [1.807, 2.05) is 54.2 Å². The molecule has 2 unspecified atom stereocenters. The van der Waals surface area contributed by atoms with Gasteiger partial charge < -0.3 is 31.4 Å². The number of carbonyl (C=O) groups is 4. The molecule has 2 atom stereocenters. The third kappa shape index (κ3) is 10.5. The lowest BCUT2D eigenvalue weighted by Gasteiger charge is -2.29. The number of hydrogen-bond donors (Lipinski definition) is 5. The van der Waals surface area contributed by atoms with Crippen LogP contribution in [0.2, 0.25) is 0 Å². The van der Waals surface area contributed by atoms with E-state index in [2.05, 4.69) is 29.1 Å². The van der Waals surface area contributed by atoms with Gasteiger partial charge in [-0.05, 0) is 55.2 Å². The van der Waals surface area contributed by atoms with Gasteiger partial charge in [0.2, 0.25) is 17.7 Å². The molecule has 1 aromatic heterocycles. The van der Waals surface area contributed by atoms with E-state index in [0.29, 0.717) is 25.1 Å². The monoisotopic (exact) mass is 634 g/mol. The van der Waals surface area contributed by atoms with E-state index in [1.165, 1.54) is 17.8 Å². The van der Waals surface area contributed by atoms with Crippen LogP contribution in [0.25, 0.3) is 10.9 Å². The van der Waals surface area contributed by atoms with E-state index in [4.69, 9.17) is 5.73 Å². The summed E-state index contributed by atoms with van der Waals surface area (Å²) in [6, 6.07) is 13.0. The number of hydrogen-bond acceptors (Lipinski definition) is 6. The summed E-state index contributed by atoms with van der Waals surface area (Å²) in [6.45, 7) is 7.80. The van der Waals surface area contributed by atoms with Gasteiger partial charge in [0.25, 0.3) is 0 Å². The highest BCUT2D eigenvalue weighted by Crippen LogP contribution is 2.22. The van der Waals surface area contributed by atoms with Gasteiger partial charge in [-0.3, -0.25) is 19.3 Å². The fraction of sp³-hybridized carbons (Fsp3) is 0.333. The molecule has 45 heavy (non-hydrogen) atoms. The number of nitrogen functional groups attached to an aromatic ring is 1. The van der Waals surface area contributed by atoms with Crippen molar-refractivity contribution in [3.05, 3.63) is 85.6 Å². The largest absolute Gasteiger partial charge is 0.465 e. The number of nitrogens with one attached hydrogen (secondary N) is 3. The minimum absolute atomic E-state index is 0.0663. The minimum atomic E-state index is -1.27. The standard InChI is InChI=1S/C33H42N6O5S/c1-4-17-36-31(41)27(20-23-21-38(3)28-11-7-6-10-26(23)28)37-32(42)29(39(19-5-2)33(43)44)12-8-9-18-35-30(40)22-45-25-15-13-24(34)14-16-25/h4-7,10-11,13-16,21,27,29H,1-2,8-9,12,17-20,22,34H2,3H3,(H,35,40)(H,36,41)(H,37,42)(H,43,44). The molecule has 11 nitrogen and oxygen atoms in total. The Balaban J connectivity index is 1.65. The molecule has 0 saturated carbocycles. The van der Waals surface area contributed by atoms with Gasteiger partial charge in [-0.2, -0.15) is 0 Å². The molecule has 0 saturated heterocycles. The van der Waals surface area contributed by atoms with Crippen LogP contribution < -0.4 is 21.7 Å². The summed E-state index contributed by atoms with van der Waals surface area (Å²) in [7, 11) is 1.91. The first-order valence-corrected chi connectivity index (χ1v) is 15.7. The Morgan fingerprint density at radius 2 is 1.76 bits per heavy atom. The van der Waals surface area contributed by atoms with Crippen LogP contribution in [0, 0.1) is 0 Å². The number of carbonyl (C=O) groups excluding carboxylic acids is 3. The fourth-order valence-electron chi connectivity index (χ4n) is 4.94. The topological polar surface area (TPSA) is 159 Å². The minimum Gasteiger partial charge on any atom is -0.465 e. The van der Waals surface area contributed by atoms with Gasteiger partial charge in [0.1, 0.15) is 12.1 Å². The Morgan fingerprint density at radius 3 is 2.44 bits per heavy atom. The van der Waals surface area contributed by atoms with Crippen LogP contribution in [0.3, 0.4) is 0 Å². The van der Waals surface area contributed by atoms with Crippen molar-refractivity contribution in [3.8, 4) is 0 Å². The Morgan fingerprint density at radius 1 is 1.02 bits per heavy atom. The zero-order valence-electron chi connectivity index (χ0n) is 25.5. The van der Waals surface area contributed by atoms with Crippen molar-refractivity contribution in [2.24, 2.45) is 7.05 Å². The summed E-state index contributed by atoms with van der Waals surface area (Å²) >= 11 is 1.40. The maximum absolute atomic E-state index is 13.7. The van der Waals surface area contributed by atoms with E-state index in [9.17, 15) is 24.3 Å². The summed E-state index contributed by atoms with van der Waals surface area (Å²) in [5.41, 5.74) is 8.21. The van der Waals surface area contributed by atoms with Gasteiger partial charge in [0, 0.05) is 60.8 Å². The van der Waals surface area contributed by atoms with E-state index >= 15 is 0 Å². The third-order valence-electron chi connectivity index (χ3n) is 7.18. The normalized spacial score (nSPS) is 12.1. The zero-order chi connectivity index (χ0) is 32.8. The SMILES string of the molecule is C=CCNC(=O)C(Cc1cn(C)c2ccccc12)NC(=O)C(CCCCNC(=O)CSc1ccc(N)cc1)N(CC=C)C(=O)O. The summed E-state index contributed by atoms with van der Waals surface area (Å²) in [4.78, 5) is 53.3. The lowest BCUT2D eigenvalue weighted by Crippen LogP contribution is -2.55. The van der Waals surface area contributed by atoms with Crippen molar-refractivity contribution in [1.82, 2.24) is 25.4 Å². The van der Waals surface area contributed by atoms with Crippen molar-refractivity contribution in [3.63, 3.8) is 0 Å². The van der Waals surface area contributed by atoms with E-state index in [0.717, 1.165) is 26.3 Å². The maximum atomic E-state index is 13.7. The number of nitrogens with zero attached hydrogens (tertiary/aromatic N) is 2. The predicted molar refractivity (Wildman–Crippen MR) is 179 cm³/mol. The second-order valence-corrected chi connectivity index (χ2v) is 11.6. The molecule has 0 aliphatic rings. The quantitative estimate of drug-likeness (QED) is 0.0618. The maximum Gasteiger partial charge on any atom is 0.408 e. The van der Waals surface area contributed by atoms with Gasteiger partial charge in [-0.25, -0.2) is 4.79 Å².